The molecule has 1 aromatic carbocycles. The van der Waals surface area contributed by atoms with E-state index in [1.54, 1.807) is 6.07 Å². The molecule has 1 aromatic rings. The fourth-order valence-corrected chi connectivity index (χ4v) is 2.23. The van der Waals surface area contributed by atoms with E-state index in [0.29, 0.717) is 16.6 Å². The first-order chi connectivity index (χ1) is 8.97. The molecule has 1 atom stereocenters. The van der Waals surface area contributed by atoms with Gasteiger partial charge >= 0.3 is 0 Å². The van der Waals surface area contributed by atoms with E-state index < -0.39 is 13.0 Å². The van der Waals surface area contributed by atoms with E-state index >= 15 is 0 Å². The summed E-state index contributed by atoms with van der Waals surface area (Å²) in [6.45, 7) is 1.35. The number of nitrogens with two attached hydrogens (primary N) is 1. The molecule has 19 heavy (non-hydrogen) atoms. The second-order valence-corrected chi connectivity index (χ2v) is 5.04. The minimum atomic E-state index is -2.52. The number of halogens is 3. The van der Waals surface area contributed by atoms with Crippen molar-refractivity contribution in [2.45, 2.75) is 32.2 Å². The maximum Gasteiger partial charge on any atom is 0.272 e. The summed E-state index contributed by atoms with van der Waals surface area (Å²) >= 11 is 3.31. The fraction of sp³-hybridized carbons (Fsp3) is 0.538. The molecule has 0 aliphatic heterocycles. The molecular weight excluding hydrogens is 320 g/mol. The number of alkyl halides is 2. The Kier molecular flexibility index (Phi) is 6.51. The Bertz CT molecular complexity index is 416. The van der Waals surface area contributed by atoms with Crippen molar-refractivity contribution in [3.63, 3.8) is 0 Å². The lowest BCUT2D eigenvalue weighted by atomic mass is 10.0. The summed E-state index contributed by atoms with van der Waals surface area (Å²) in [7, 11) is 1.47. The first-order valence-corrected chi connectivity index (χ1v) is 6.80. The van der Waals surface area contributed by atoms with Gasteiger partial charge in [-0.05, 0) is 46.5 Å². The molecule has 6 heteroatoms. The Morgan fingerprint density at radius 2 is 2.05 bits per heavy atom. The molecule has 2 N–H and O–H groups in total. The molecule has 0 saturated heterocycles. The summed E-state index contributed by atoms with van der Waals surface area (Å²) < 4.78 is 35.2. The number of rotatable bonds is 7. The van der Waals surface area contributed by atoms with Crippen LogP contribution in [0.4, 0.5) is 8.78 Å². The molecule has 3 nitrogen and oxygen atoms in total. The maximum absolute atomic E-state index is 12.2. The van der Waals surface area contributed by atoms with Crippen LogP contribution in [0.1, 0.15) is 18.9 Å². The van der Waals surface area contributed by atoms with Gasteiger partial charge in [0.1, 0.15) is 6.61 Å². The van der Waals surface area contributed by atoms with Gasteiger partial charge in [-0.25, -0.2) is 8.78 Å². The van der Waals surface area contributed by atoms with Gasteiger partial charge in [0.05, 0.1) is 11.6 Å². The summed E-state index contributed by atoms with van der Waals surface area (Å²) in [5.41, 5.74) is 6.87. The molecule has 0 aliphatic rings. The average Bonchev–Trinajstić information content (AvgIpc) is 2.36. The van der Waals surface area contributed by atoms with E-state index in [4.69, 9.17) is 15.2 Å². The quantitative estimate of drug-likeness (QED) is 0.829. The Morgan fingerprint density at radius 1 is 1.37 bits per heavy atom. The van der Waals surface area contributed by atoms with Gasteiger partial charge in [-0.15, -0.1) is 0 Å². The Labute approximate surface area is 120 Å². The molecule has 0 radical (unpaired) electrons. The SMILES string of the molecule is CCC(N)Cc1cc(Br)c(OCC(F)F)c(OC)c1. The highest BCUT2D eigenvalue weighted by Crippen LogP contribution is 2.37. The molecule has 0 aliphatic carbocycles. The lowest BCUT2D eigenvalue weighted by molar-refractivity contribution is 0.0800. The van der Waals surface area contributed by atoms with Gasteiger partial charge < -0.3 is 15.2 Å². The monoisotopic (exact) mass is 337 g/mol. The van der Waals surface area contributed by atoms with Crippen molar-refractivity contribution in [3.8, 4) is 11.5 Å². The zero-order valence-electron chi connectivity index (χ0n) is 11.0. The van der Waals surface area contributed by atoms with Crippen molar-refractivity contribution in [3.05, 3.63) is 22.2 Å². The summed E-state index contributed by atoms with van der Waals surface area (Å²) in [6, 6.07) is 3.64. The third-order valence-corrected chi connectivity index (χ3v) is 3.25. The topological polar surface area (TPSA) is 44.5 Å². The molecule has 0 saturated carbocycles. The molecular formula is C13H18BrF2NO2. The standard InChI is InChI=1S/C13H18BrF2NO2/c1-3-9(17)4-8-5-10(14)13(11(6-8)18-2)19-7-12(15)16/h5-6,9,12H,3-4,7,17H2,1-2H3. The largest absolute Gasteiger partial charge is 0.493 e. The van der Waals surface area contributed by atoms with Crippen LogP contribution < -0.4 is 15.2 Å². The van der Waals surface area contributed by atoms with Crippen LogP contribution in [0.25, 0.3) is 0 Å². The second kappa shape index (κ2) is 7.65. The minimum Gasteiger partial charge on any atom is -0.493 e. The average molecular weight is 338 g/mol. The lowest BCUT2D eigenvalue weighted by Gasteiger charge is -2.15. The summed E-state index contributed by atoms with van der Waals surface area (Å²) in [4.78, 5) is 0. The number of ether oxygens (including phenoxy) is 2. The smallest absolute Gasteiger partial charge is 0.272 e. The van der Waals surface area contributed by atoms with Crippen molar-refractivity contribution >= 4 is 15.9 Å². The van der Waals surface area contributed by atoms with E-state index in [1.807, 2.05) is 13.0 Å². The molecule has 108 valence electrons. The Balaban J connectivity index is 2.94. The first-order valence-electron chi connectivity index (χ1n) is 6.00. The molecule has 1 unspecified atom stereocenters. The zero-order valence-corrected chi connectivity index (χ0v) is 12.5. The van der Waals surface area contributed by atoms with Crippen LogP contribution in [0.5, 0.6) is 11.5 Å². The Morgan fingerprint density at radius 3 is 2.58 bits per heavy atom. The van der Waals surface area contributed by atoms with E-state index in [1.165, 1.54) is 7.11 Å². The molecule has 0 fully saturated rings. The van der Waals surface area contributed by atoms with Crippen LogP contribution in [0.3, 0.4) is 0 Å². The minimum absolute atomic E-state index is 0.0597. The third-order valence-electron chi connectivity index (χ3n) is 2.67. The third kappa shape index (κ3) is 4.95. The number of hydrogen-bond donors (Lipinski definition) is 1. The van der Waals surface area contributed by atoms with Crippen molar-refractivity contribution in [2.24, 2.45) is 5.73 Å². The highest BCUT2D eigenvalue weighted by atomic mass is 79.9. The first kappa shape index (κ1) is 16.2. The highest BCUT2D eigenvalue weighted by Gasteiger charge is 2.15. The van der Waals surface area contributed by atoms with E-state index in [0.717, 1.165) is 12.0 Å². The van der Waals surface area contributed by atoms with Crippen molar-refractivity contribution < 1.29 is 18.3 Å². The molecule has 0 bridgehead atoms. The summed E-state index contributed by atoms with van der Waals surface area (Å²) in [5.74, 6) is 0.713. The summed E-state index contributed by atoms with van der Waals surface area (Å²) in [6.07, 6.45) is -0.964. The van der Waals surface area contributed by atoms with Crippen molar-refractivity contribution in [1.82, 2.24) is 0 Å². The number of benzene rings is 1. The molecule has 0 spiro atoms. The molecule has 1 rings (SSSR count). The predicted octanol–water partition coefficient (Wildman–Crippen LogP) is 3.38. The predicted molar refractivity (Wildman–Crippen MR) is 74.2 cm³/mol. The van der Waals surface area contributed by atoms with Crippen LogP contribution in [0.15, 0.2) is 16.6 Å². The van der Waals surface area contributed by atoms with Crippen LogP contribution in [0, 0.1) is 0 Å². The molecule has 0 heterocycles. The number of hydrogen-bond acceptors (Lipinski definition) is 3. The van der Waals surface area contributed by atoms with E-state index in [2.05, 4.69) is 15.9 Å². The highest BCUT2D eigenvalue weighted by molar-refractivity contribution is 9.10. The van der Waals surface area contributed by atoms with Gasteiger partial charge in [0, 0.05) is 6.04 Å². The van der Waals surface area contributed by atoms with Gasteiger partial charge in [-0.1, -0.05) is 6.92 Å². The van der Waals surface area contributed by atoms with Gasteiger partial charge in [-0.2, -0.15) is 0 Å². The van der Waals surface area contributed by atoms with Gasteiger partial charge in [-0.3, -0.25) is 0 Å². The zero-order chi connectivity index (χ0) is 14.4. The normalized spacial score (nSPS) is 12.6. The Hall–Kier alpha value is -0.880. The van der Waals surface area contributed by atoms with Gasteiger partial charge in [0.25, 0.3) is 6.43 Å². The van der Waals surface area contributed by atoms with Crippen LogP contribution >= 0.6 is 15.9 Å². The van der Waals surface area contributed by atoms with Gasteiger partial charge in [0.15, 0.2) is 11.5 Å². The van der Waals surface area contributed by atoms with E-state index in [9.17, 15) is 8.78 Å². The molecule has 0 aromatic heterocycles. The van der Waals surface area contributed by atoms with Crippen LogP contribution in [-0.4, -0.2) is 26.2 Å². The maximum atomic E-state index is 12.2. The van der Waals surface area contributed by atoms with Crippen LogP contribution in [-0.2, 0) is 6.42 Å². The fourth-order valence-electron chi connectivity index (χ4n) is 1.62. The van der Waals surface area contributed by atoms with Gasteiger partial charge in [0.2, 0.25) is 0 Å². The summed E-state index contributed by atoms with van der Waals surface area (Å²) in [5, 5.41) is 0. The molecule has 0 amide bonds. The number of methoxy groups -OCH3 is 1. The lowest BCUT2D eigenvalue weighted by Crippen LogP contribution is -2.21. The second-order valence-electron chi connectivity index (χ2n) is 4.18. The van der Waals surface area contributed by atoms with Crippen molar-refractivity contribution in [2.75, 3.05) is 13.7 Å². The van der Waals surface area contributed by atoms with Crippen molar-refractivity contribution in [1.29, 1.82) is 0 Å². The van der Waals surface area contributed by atoms with E-state index in [-0.39, 0.29) is 11.8 Å². The van der Waals surface area contributed by atoms with Crippen LogP contribution in [0.2, 0.25) is 0 Å².